The molecule has 2 amide bonds. The maximum Gasteiger partial charge on any atom is 0.292 e. The zero-order valence-corrected chi connectivity index (χ0v) is 13.7. The van der Waals surface area contributed by atoms with Gasteiger partial charge in [0.2, 0.25) is 11.8 Å². The van der Waals surface area contributed by atoms with Gasteiger partial charge in [0, 0.05) is 18.1 Å². The molecular formula is C16H16N4O5. The highest BCUT2D eigenvalue weighted by Gasteiger charge is 2.29. The Labute approximate surface area is 142 Å². The standard InChI is InChI=1S/C16H16N4O5/c1-8-15(9(2)25-19-8)10-3-5-13(20(23)24)12(7-10)18-16(22)11-4-6-14(21)17-11/h3,5,7,11H,4,6H2,1-2H3,(H,17,21)(H,18,22)/t11-/m0/s1. The molecule has 2 heterocycles. The van der Waals surface area contributed by atoms with Crippen molar-refractivity contribution in [3.05, 3.63) is 39.8 Å². The van der Waals surface area contributed by atoms with Crippen LogP contribution >= 0.6 is 0 Å². The molecule has 1 aliphatic rings. The van der Waals surface area contributed by atoms with E-state index in [4.69, 9.17) is 4.52 Å². The van der Waals surface area contributed by atoms with Gasteiger partial charge >= 0.3 is 0 Å². The number of nitro groups is 1. The Morgan fingerprint density at radius 3 is 2.76 bits per heavy atom. The van der Waals surface area contributed by atoms with Gasteiger partial charge in [-0.3, -0.25) is 19.7 Å². The van der Waals surface area contributed by atoms with E-state index in [1.807, 2.05) is 0 Å². The number of aromatic nitrogens is 1. The van der Waals surface area contributed by atoms with E-state index in [1.165, 1.54) is 12.1 Å². The first-order valence-electron chi connectivity index (χ1n) is 7.68. The first-order chi connectivity index (χ1) is 11.9. The number of anilines is 1. The fourth-order valence-electron chi connectivity index (χ4n) is 2.88. The smallest absolute Gasteiger partial charge is 0.292 e. The second-order valence-electron chi connectivity index (χ2n) is 5.84. The van der Waals surface area contributed by atoms with Gasteiger partial charge in [-0.05, 0) is 38.0 Å². The van der Waals surface area contributed by atoms with Gasteiger partial charge in [-0.1, -0.05) is 5.16 Å². The first kappa shape index (κ1) is 16.6. The number of hydrogen-bond donors (Lipinski definition) is 2. The molecule has 0 aliphatic carbocycles. The van der Waals surface area contributed by atoms with Gasteiger partial charge in [-0.15, -0.1) is 0 Å². The third-order valence-corrected chi connectivity index (χ3v) is 4.08. The van der Waals surface area contributed by atoms with Crippen molar-refractivity contribution >= 4 is 23.2 Å². The van der Waals surface area contributed by atoms with Gasteiger partial charge in [0.05, 0.1) is 10.6 Å². The zero-order chi connectivity index (χ0) is 18.1. The molecule has 9 heteroatoms. The molecule has 2 N–H and O–H groups in total. The first-order valence-corrected chi connectivity index (χ1v) is 7.68. The molecule has 1 aromatic carbocycles. The average molecular weight is 344 g/mol. The lowest BCUT2D eigenvalue weighted by atomic mass is 10.0. The summed E-state index contributed by atoms with van der Waals surface area (Å²) < 4.78 is 5.12. The number of nitro benzene ring substituents is 1. The van der Waals surface area contributed by atoms with Crippen molar-refractivity contribution in [2.24, 2.45) is 0 Å². The van der Waals surface area contributed by atoms with Crippen LogP contribution in [0.4, 0.5) is 11.4 Å². The summed E-state index contributed by atoms with van der Waals surface area (Å²) in [4.78, 5) is 34.2. The van der Waals surface area contributed by atoms with Crippen LogP contribution in [0.2, 0.25) is 0 Å². The van der Waals surface area contributed by atoms with Gasteiger partial charge in [0.25, 0.3) is 5.69 Å². The number of rotatable bonds is 4. The van der Waals surface area contributed by atoms with E-state index in [9.17, 15) is 19.7 Å². The lowest BCUT2D eigenvalue weighted by Crippen LogP contribution is -2.37. The topological polar surface area (TPSA) is 127 Å². The molecular weight excluding hydrogens is 328 g/mol. The fraction of sp³-hybridized carbons (Fsp3) is 0.312. The highest BCUT2D eigenvalue weighted by molar-refractivity contribution is 6.00. The van der Waals surface area contributed by atoms with Crippen LogP contribution in [-0.2, 0) is 9.59 Å². The number of amides is 2. The quantitative estimate of drug-likeness (QED) is 0.645. The molecule has 0 bridgehead atoms. The third kappa shape index (κ3) is 3.21. The molecule has 1 aliphatic heterocycles. The van der Waals surface area contributed by atoms with Crippen LogP contribution in [0.3, 0.4) is 0 Å². The summed E-state index contributed by atoms with van der Waals surface area (Å²) >= 11 is 0. The number of nitrogens with one attached hydrogen (secondary N) is 2. The summed E-state index contributed by atoms with van der Waals surface area (Å²) in [6, 6.07) is 3.73. The monoisotopic (exact) mass is 344 g/mol. The molecule has 0 saturated carbocycles. The lowest BCUT2D eigenvalue weighted by Gasteiger charge is -2.12. The number of carbonyl (C=O) groups excluding carboxylic acids is 2. The van der Waals surface area contributed by atoms with Gasteiger partial charge < -0.3 is 15.2 Å². The molecule has 1 saturated heterocycles. The molecule has 1 atom stereocenters. The van der Waals surface area contributed by atoms with Crippen LogP contribution in [0.25, 0.3) is 11.1 Å². The molecule has 0 radical (unpaired) electrons. The van der Waals surface area contributed by atoms with Crippen molar-refractivity contribution in [3.63, 3.8) is 0 Å². The summed E-state index contributed by atoms with van der Waals surface area (Å²) in [6.07, 6.45) is 0.626. The normalized spacial score (nSPS) is 16.6. The Balaban J connectivity index is 1.96. The Kier molecular flexibility index (Phi) is 4.22. The molecule has 2 aromatic rings. The molecule has 25 heavy (non-hydrogen) atoms. The highest BCUT2D eigenvalue weighted by atomic mass is 16.6. The average Bonchev–Trinajstić information content (AvgIpc) is 3.13. The van der Waals surface area contributed by atoms with Crippen molar-refractivity contribution in [1.82, 2.24) is 10.5 Å². The van der Waals surface area contributed by atoms with E-state index in [2.05, 4.69) is 15.8 Å². The van der Waals surface area contributed by atoms with Crippen molar-refractivity contribution in [1.29, 1.82) is 0 Å². The number of benzene rings is 1. The molecule has 1 fully saturated rings. The summed E-state index contributed by atoms with van der Waals surface area (Å²) in [7, 11) is 0. The molecule has 0 spiro atoms. The van der Waals surface area contributed by atoms with E-state index in [-0.39, 0.29) is 23.7 Å². The Morgan fingerprint density at radius 1 is 1.44 bits per heavy atom. The number of nitrogens with zero attached hydrogens (tertiary/aromatic N) is 2. The predicted octanol–water partition coefficient (Wildman–Crippen LogP) is 2.08. The van der Waals surface area contributed by atoms with Crippen LogP contribution in [0, 0.1) is 24.0 Å². The lowest BCUT2D eigenvalue weighted by molar-refractivity contribution is -0.383. The molecule has 1 aromatic heterocycles. The second kappa shape index (κ2) is 6.34. The van der Waals surface area contributed by atoms with E-state index in [1.54, 1.807) is 19.9 Å². The largest absolute Gasteiger partial charge is 0.361 e. The molecule has 0 unspecified atom stereocenters. The van der Waals surface area contributed by atoms with Crippen LogP contribution in [0.15, 0.2) is 22.7 Å². The van der Waals surface area contributed by atoms with E-state index in [0.717, 1.165) is 5.56 Å². The van der Waals surface area contributed by atoms with Crippen LogP contribution in [0.1, 0.15) is 24.3 Å². The predicted molar refractivity (Wildman–Crippen MR) is 87.9 cm³/mol. The van der Waals surface area contributed by atoms with Crippen molar-refractivity contribution in [3.8, 4) is 11.1 Å². The van der Waals surface area contributed by atoms with Crippen molar-refractivity contribution in [2.45, 2.75) is 32.7 Å². The Morgan fingerprint density at radius 2 is 2.20 bits per heavy atom. The zero-order valence-electron chi connectivity index (χ0n) is 13.7. The number of carbonyl (C=O) groups is 2. The summed E-state index contributed by atoms with van der Waals surface area (Å²) in [5.74, 6) is -0.115. The van der Waals surface area contributed by atoms with Crippen molar-refractivity contribution in [2.75, 3.05) is 5.32 Å². The molecule has 3 rings (SSSR count). The van der Waals surface area contributed by atoms with Crippen LogP contribution in [-0.4, -0.2) is 27.9 Å². The van der Waals surface area contributed by atoms with Crippen molar-refractivity contribution < 1.29 is 19.0 Å². The van der Waals surface area contributed by atoms with E-state index >= 15 is 0 Å². The highest BCUT2D eigenvalue weighted by Crippen LogP contribution is 2.33. The molecule has 9 nitrogen and oxygen atoms in total. The number of hydrogen-bond acceptors (Lipinski definition) is 6. The van der Waals surface area contributed by atoms with E-state index in [0.29, 0.717) is 23.4 Å². The molecule has 130 valence electrons. The minimum absolute atomic E-state index is 0.0636. The van der Waals surface area contributed by atoms with Gasteiger partial charge in [-0.2, -0.15) is 0 Å². The fourth-order valence-corrected chi connectivity index (χ4v) is 2.88. The van der Waals surface area contributed by atoms with Gasteiger partial charge in [0.15, 0.2) is 0 Å². The van der Waals surface area contributed by atoms with Gasteiger partial charge in [0.1, 0.15) is 17.5 Å². The van der Waals surface area contributed by atoms with E-state index < -0.39 is 16.9 Å². The Hall–Kier alpha value is -3.23. The SMILES string of the molecule is Cc1noc(C)c1-c1ccc([N+](=O)[O-])c(NC(=O)[C@@H]2CCC(=O)N2)c1. The maximum absolute atomic E-state index is 12.3. The summed E-state index contributed by atoms with van der Waals surface area (Å²) in [5.41, 5.74) is 1.85. The minimum Gasteiger partial charge on any atom is -0.361 e. The minimum atomic E-state index is -0.685. The number of aryl methyl sites for hydroxylation is 2. The van der Waals surface area contributed by atoms with Gasteiger partial charge in [-0.25, -0.2) is 0 Å². The van der Waals surface area contributed by atoms with Crippen LogP contribution < -0.4 is 10.6 Å². The second-order valence-corrected chi connectivity index (χ2v) is 5.84. The third-order valence-electron chi connectivity index (χ3n) is 4.08. The summed E-state index contributed by atoms with van der Waals surface area (Å²) in [6.45, 7) is 3.50. The maximum atomic E-state index is 12.3. The Bertz CT molecular complexity index is 854. The van der Waals surface area contributed by atoms with Crippen LogP contribution in [0.5, 0.6) is 0 Å². The summed E-state index contributed by atoms with van der Waals surface area (Å²) in [5, 5.41) is 20.2.